The van der Waals surface area contributed by atoms with Crippen molar-refractivity contribution in [1.29, 1.82) is 0 Å². The van der Waals surface area contributed by atoms with Crippen molar-refractivity contribution in [2.75, 3.05) is 0 Å². The molecule has 5 heteroatoms. The van der Waals surface area contributed by atoms with Crippen molar-refractivity contribution in [1.82, 2.24) is 14.7 Å². The quantitative estimate of drug-likeness (QED) is 0.793. The Hall–Kier alpha value is -0.970. The first-order valence-corrected chi connectivity index (χ1v) is 6.13. The summed E-state index contributed by atoms with van der Waals surface area (Å²) in [5.41, 5.74) is 2.27. The maximum absolute atomic E-state index is 12.8. The van der Waals surface area contributed by atoms with Crippen molar-refractivity contribution in [3.05, 3.63) is 17.5 Å². The molecule has 0 radical (unpaired) electrons. The highest BCUT2D eigenvalue weighted by molar-refractivity contribution is 5.22. The van der Waals surface area contributed by atoms with E-state index in [0.29, 0.717) is 6.04 Å². The molecule has 94 valence electrons. The Labute approximate surface area is 99.4 Å². The molecule has 0 atom stereocenters. The summed E-state index contributed by atoms with van der Waals surface area (Å²) < 4.78 is 27.3. The first-order chi connectivity index (χ1) is 7.94. The number of aromatic nitrogens is 2. The monoisotopic (exact) mass is 241 g/mol. The lowest BCUT2D eigenvalue weighted by Gasteiger charge is -2.35. The number of rotatable bonds is 2. The van der Waals surface area contributed by atoms with E-state index in [-0.39, 0.29) is 18.9 Å². The van der Waals surface area contributed by atoms with Gasteiger partial charge in [-0.2, -0.15) is 5.10 Å². The van der Waals surface area contributed by atoms with Gasteiger partial charge in [-0.15, -0.1) is 0 Å². The fourth-order valence-electron chi connectivity index (χ4n) is 2.57. The Bertz CT molecular complexity index is 407. The molecule has 0 bridgehead atoms. The van der Waals surface area contributed by atoms with Crippen LogP contribution in [0.3, 0.4) is 0 Å². The maximum Gasteiger partial charge on any atom is 0.252 e. The number of hydrogen-bond acceptors (Lipinski definition) is 2. The molecule has 0 amide bonds. The molecule has 0 unspecified atom stereocenters. The highest BCUT2D eigenvalue weighted by Gasteiger charge is 2.47. The van der Waals surface area contributed by atoms with Crippen LogP contribution in [-0.4, -0.2) is 26.6 Å². The van der Waals surface area contributed by atoms with E-state index >= 15 is 0 Å². The number of alkyl halides is 2. The number of halogens is 2. The van der Waals surface area contributed by atoms with E-state index in [2.05, 4.69) is 23.8 Å². The van der Waals surface area contributed by atoms with E-state index in [1.54, 1.807) is 4.68 Å². The van der Waals surface area contributed by atoms with Gasteiger partial charge in [-0.1, -0.05) is 0 Å². The average molecular weight is 241 g/mol. The average Bonchev–Trinajstić information content (AvgIpc) is 2.69. The summed E-state index contributed by atoms with van der Waals surface area (Å²) in [5, 5.41) is 4.45. The SMILES string of the molecule is CC(C)N1Cc2cn(C3CC(F)(F)C3)nc2C1. The van der Waals surface area contributed by atoms with Gasteiger partial charge >= 0.3 is 0 Å². The van der Waals surface area contributed by atoms with Crippen LogP contribution in [-0.2, 0) is 13.1 Å². The minimum Gasteiger partial charge on any atom is -0.291 e. The maximum atomic E-state index is 12.8. The third-order valence-corrected chi connectivity index (χ3v) is 3.79. The van der Waals surface area contributed by atoms with Crippen LogP contribution < -0.4 is 0 Å². The number of hydrogen-bond donors (Lipinski definition) is 0. The van der Waals surface area contributed by atoms with Gasteiger partial charge in [0.05, 0.1) is 11.7 Å². The van der Waals surface area contributed by atoms with Gasteiger partial charge in [-0.05, 0) is 13.8 Å². The van der Waals surface area contributed by atoms with Crippen LogP contribution in [0.15, 0.2) is 6.20 Å². The van der Waals surface area contributed by atoms with Crippen LogP contribution in [0.25, 0.3) is 0 Å². The fraction of sp³-hybridized carbons (Fsp3) is 0.750. The van der Waals surface area contributed by atoms with Gasteiger partial charge in [-0.3, -0.25) is 9.58 Å². The zero-order valence-corrected chi connectivity index (χ0v) is 10.2. The van der Waals surface area contributed by atoms with Gasteiger partial charge in [0.1, 0.15) is 0 Å². The number of fused-ring (bicyclic) bond motifs is 1. The van der Waals surface area contributed by atoms with Gasteiger partial charge < -0.3 is 0 Å². The second kappa shape index (κ2) is 3.51. The molecular weight excluding hydrogens is 224 g/mol. The minimum absolute atomic E-state index is 0.0541. The lowest BCUT2D eigenvalue weighted by molar-refractivity contribution is -0.107. The molecule has 2 aliphatic rings. The van der Waals surface area contributed by atoms with E-state index in [1.807, 2.05) is 6.20 Å². The summed E-state index contributed by atoms with van der Waals surface area (Å²) in [5.74, 6) is -2.47. The lowest BCUT2D eigenvalue weighted by atomic mass is 9.88. The topological polar surface area (TPSA) is 21.1 Å². The third kappa shape index (κ3) is 1.86. The number of nitrogens with zero attached hydrogens (tertiary/aromatic N) is 3. The predicted molar refractivity (Wildman–Crippen MR) is 59.8 cm³/mol. The second-order valence-electron chi connectivity index (χ2n) is 5.50. The fourth-order valence-corrected chi connectivity index (χ4v) is 2.57. The molecular formula is C12H17F2N3. The lowest BCUT2D eigenvalue weighted by Crippen LogP contribution is -2.37. The molecule has 0 N–H and O–H groups in total. The van der Waals surface area contributed by atoms with E-state index < -0.39 is 5.92 Å². The van der Waals surface area contributed by atoms with E-state index in [1.165, 1.54) is 5.56 Å². The van der Waals surface area contributed by atoms with Gasteiger partial charge in [0.15, 0.2) is 0 Å². The van der Waals surface area contributed by atoms with Gasteiger partial charge in [-0.25, -0.2) is 8.78 Å². The van der Waals surface area contributed by atoms with Crippen LogP contribution >= 0.6 is 0 Å². The Kier molecular flexibility index (Phi) is 2.30. The summed E-state index contributed by atoms with van der Waals surface area (Å²) in [6.07, 6.45) is 1.85. The summed E-state index contributed by atoms with van der Waals surface area (Å²) in [6, 6.07) is 0.411. The molecule has 0 saturated heterocycles. The standard InChI is InChI=1S/C12H17F2N3/c1-8(2)16-5-9-6-17(15-11(9)7-16)10-3-12(13,14)4-10/h6,8,10H,3-5,7H2,1-2H3. The molecule has 1 aliphatic heterocycles. The van der Waals surface area contributed by atoms with Crippen molar-refractivity contribution in [2.24, 2.45) is 0 Å². The van der Waals surface area contributed by atoms with E-state index in [4.69, 9.17) is 0 Å². The molecule has 0 spiro atoms. The van der Waals surface area contributed by atoms with E-state index in [9.17, 15) is 8.78 Å². The van der Waals surface area contributed by atoms with E-state index in [0.717, 1.165) is 18.8 Å². The predicted octanol–water partition coefficient (Wildman–Crippen LogP) is 2.58. The summed E-state index contributed by atoms with van der Waals surface area (Å²) >= 11 is 0. The van der Waals surface area contributed by atoms with Crippen molar-refractivity contribution in [3.8, 4) is 0 Å². The zero-order valence-electron chi connectivity index (χ0n) is 10.2. The van der Waals surface area contributed by atoms with Crippen LogP contribution in [0.1, 0.15) is 44.0 Å². The third-order valence-electron chi connectivity index (χ3n) is 3.79. The molecule has 1 saturated carbocycles. The largest absolute Gasteiger partial charge is 0.291 e. The summed E-state index contributed by atoms with van der Waals surface area (Å²) in [7, 11) is 0. The first-order valence-electron chi connectivity index (χ1n) is 6.13. The van der Waals surface area contributed by atoms with Crippen LogP contribution in [0.2, 0.25) is 0 Å². The van der Waals surface area contributed by atoms with Crippen LogP contribution in [0.4, 0.5) is 8.78 Å². The molecule has 2 heterocycles. The molecule has 3 rings (SSSR count). The first kappa shape index (κ1) is 11.1. The van der Waals surface area contributed by atoms with Crippen molar-refractivity contribution < 1.29 is 8.78 Å². The van der Waals surface area contributed by atoms with Crippen molar-refractivity contribution in [2.45, 2.75) is 57.8 Å². The Morgan fingerprint density at radius 1 is 1.35 bits per heavy atom. The van der Waals surface area contributed by atoms with Crippen molar-refractivity contribution in [3.63, 3.8) is 0 Å². The molecule has 1 aromatic rings. The Balaban J connectivity index is 1.71. The summed E-state index contributed by atoms with van der Waals surface area (Å²) in [4.78, 5) is 2.33. The molecule has 0 aromatic carbocycles. The highest BCUT2D eigenvalue weighted by atomic mass is 19.3. The van der Waals surface area contributed by atoms with Gasteiger partial charge in [0.25, 0.3) is 5.92 Å². The molecule has 1 fully saturated rings. The normalized spacial score (nSPS) is 24.1. The Morgan fingerprint density at radius 2 is 2.06 bits per heavy atom. The molecule has 17 heavy (non-hydrogen) atoms. The second-order valence-corrected chi connectivity index (χ2v) is 5.50. The Morgan fingerprint density at radius 3 is 2.59 bits per heavy atom. The van der Waals surface area contributed by atoms with Crippen LogP contribution in [0.5, 0.6) is 0 Å². The molecule has 1 aromatic heterocycles. The van der Waals surface area contributed by atoms with Gasteiger partial charge in [0, 0.05) is 43.7 Å². The molecule has 1 aliphatic carbocycles. The smallest absolute Gasteiger partial charge is 0.252 e. The van der Waals surface area contributed by atoms with Gasteiger partial charge in [0.2, 0.25) is 0 Å². The van der Waals surface area contributed by atoms with Crippen molar-refractivity contribution >= 4 is 0 Å². The van der Waals surface area contributed by atoms with Crippen LogP contribution in [0, 0.1) is 0 Å². The minimum atomic E-state index is -2.47. The molecule has 3 nitrogen and oxygen atoms in total. The zero-order chi connectivity index (χ0) is 12.2. The summed E-state index contributed by atoms with van der Waals surface area (Å²) in [6.45, 7) is 6.07. The highest BCUT2D eigenvalue weighted by Crippen LogP contribution is 2.45.